The molecule has 0 saturated heterocycles. The molecule has 0 bridgehead atoms. The van der Waals surface area contributed by atoms with E-state index in [2.05, 4.69) is 30.7 Å². The number of oxazole rings is 1. The molecule has 6 heteroatoms. The number of aromatic nitrogens is 2. The van der Waals surface area contributed by atoms with Crippen LogP contribution in [0.4, 0.5) is 0 Å². The van der Waals surface area contributed by atoms with Crippen LogP contribution >= 0.6 is 11.8 Å². The molecule has 0 aliphatic rings. The molecule has 2 aromatic heterocycles. The second-order valence-corrected chi connectivity index (χ2v) is 6.39. The lowest BCUT2D eigenvalue weighted by Gasteiger charge is -2.13. The summed E-state index contributed by atoms with van der Waals surface area (Å²) >= 11 is 1.47. The first kappa shape index (κ1) is 14.6. The lowest BCUT2D eigenvalue weighted by Crippen LogP contribution is -2.09. The van der Waals surface area contributed by atoms with E-state index in [1.807, 2.05) is 0 Å². The molecule has 0 aromatic carbocycles. The first-order valence-electron chi connectivity index (χ1n) is 6.13. The maximum Gasteiger partial charge on any atom is 0.354 e. The Morgan fingerprint density at radius 1 is 1.40 bits per heavy atom. The van der Waals surface area contributed by atoms with Gasteiger partial charge in [0.25, 0.3) is 0 Å². The zero-order valence-corrected chi connectivity index (χ0v) is 12.4. The number of rotatable bonds is 4. The van der Waals surface area contributed by atoms with Gasteiger partial charge in [-0.15, -0.1) is 11.8 Å². The van der Waals surface area contributed by atoms with Crippen molar-refractivity contribution in [3.8, 4) is 0 Å². The van der Waals surface area contributed by atoms with E-state index in [9.17, 15) is 4.79 Å². The smallest absolute Gasteiger partial charge is 0.354 e. The number of carbonyl (C=O) groups is 1. The molecule has 0 fully saturated rings. The molecule has 0 atom stereocenters. The summed E-state index contributed by atoms with van der Waals surface area (Å²) in [5, 5.41) is 8.88. The average Bonchev–Trinajstić information content (AvgIpc) is 2.85. The van der Waals surface area contributed by atoms with Gasteiger partial charge in [0.05, 0.1) is 11.9 Å². The predicted molar refractivity (Wildman–Crippen MR) is 76.0 cm³/mol. The molecule has 2 rings (SSSR count). The summed E-state index contributed by atoms with van der Waals surface area (Å²) in [6.07, 6.45) is 3.23. The maximum atomic E-state index is 10.8. The van der Waals surface area contributed by atoms with Crippen molar-refractivity contribution in [2.45, 2.75) is 36.8 Å². The van der Waals surface area contributed by atoms with Crippen molar-refractivity contribution in [1.29, 1.82) is 0 Å². The van der Waals surface area contributed by atoms with E-state index in [-0.39, 0.29) is 11.1 Å². The van der Waals surface area contributed by atoms with Gasteiger partial charge in [-0.3, -0.25) is 0 Å². The van der Waals surface area contributed by atoms with E-state index in [0.29, 0.717) is 11.6 Å². The van der Waals surface area contributed by atoms with Gasteiger partial charge in [0.1, 0.15) is 11.5 Å². The van der Waals surface area contributed by atoms with Crippen LogP contribution in [0.5, 0.6) is 0 Å². The molecule has 0 radical (unpaired) electrons. The van der Waals surface area contributed by atoms with Crippen LogP contribution < -0.4 is 0 Å². The van der Waals surface area contributed by atoms with E-state index >= 15 is 0 Å². The number of thioether (sulfide) groups is 1. The van der Waals surface area contributed by atoms with Gasteiger partial charge in [-0.2, -0.15) is 0 Å². The van der Waals surface area contributed by atoms with Gasteiger partial charge in [-0.1, -0.05) is 20.8 Å². The first-order valence-corrected chi connectivity index (χ1v) is 7.12. The van der Waals surface area contributed by atoms with Crippen LogP contribution in [0.3, 0.4) is 0 Å². The summed E-state index contributed by atoms with van der Waals surface area (Å²) in [4.78, 5) is 19.7. The minimum atomic E-state index is -1.03. The van der Waals surface area contributed by atoms with Crippen molar-refractivity contribution in [2.24, 2.45) is 0 Å². The summed E-state index contributed by atoms with van der Waals surface area (Å²) in [5.74, 6) is 1.00. The minimum Gasteiger partial charge on any atom is -0.477 e. The first-order chi connectivity index (χ1) is 9.36. The number of pyridine rings is 1. The molecule has 0 spiro atoms. The number of carboxylic acid groups (broad SMARTS) is 1. The Morgan fingerprint density at radius 2 is 2.15 bits per heavy atom. The van der Waals surface area contributed by atoms with Gasteiger partial charge in [0, 0.05) is 16.5 Å². The molecule has 0 aliphatic heterocycles. The van der Waals surface area contributed by atoms with Crippen molar-refractivity contribution < 1.29 is 14.3 Å². The molecule has 2 aromatic rings. The second-order valence-electron chi connectivity index (χ2n) is 5.34. The fourth-order valence-electron chi connectivity index (χ4n) is 1.49. The summed E-state index contributed by atoms with van der Waals surface area (Å²) in [7, 11) is 0. The quantitative estimate of drug-likeness (QED) is 0.871. The molecule has 5 nitrogen and oxygen atoms in total. The van der Waals surface area contributed by atoms with Crippen molar-refractivity contribution in [1.82, 2.24) is 9.97 Å². The number of nitrogens with zero attached hydrogens (tertiary/aromatic N) is 2. The van der Waals surface area contributed by atoms with Gasteiger partial charge in [0.15, 0.2) is 0 Å². The number of hydrogen-bond donors (Lipinski definition) is 1. The Kier molecular flexibility index (Phi) is 4.13. The van der Waals surface area contributed by atoms with Crippen molar-refractivity contribution in [2.75, 3.05) is 0 Å². The van der Waals surface area contributed by atoms with E-state index in [4.69, 9.17) is 9.52 Å². The van der Waals surface area contributed by atoms with Crippen LogP contribution in [0.25, 0.3) is 0 Å². The predicted octanol–water partition coefficient (Wildman–Crippen LogP) is 3.36. The van der Waals surface area contributed by atoms with Crippen molar-refractivity contribution in [3.63, 3.8) is 0 Å². The normalized spacial score (nSPS) is 11.6. The fraction of sp³-hybridized carbons (Fsp3) is 0.357. The number of carboxylic acids is 1. The van der Waals surface area contributed by atoms with Crippen molar-refractivity contribution >= 4 is 17.7 Å². The Morgan fingerprint density at radius 3 is 2.75 bits per heavy atom. The van der Waals surface area contributed by atoms with Crippen LogP contribution in [-0.2, 0) is 11.2 Å². The highest BCUT2D eigenvalue weighted by atomic mass is 32.2. The molecule has 2 heterocycles. The Hall–Kier alpha value is -1.82. The van der Waals surface area contributed by atoms with Gasteiger partial charge in [-0.05, 0) is 12.1 Å². The lowest BCUT2D eigenvalue weighted by atomic mass is 9.94. The molecule has 0 saturated carbocycles. The topological polar surface area (TPSA) is 76.2 Å². The van der Waals surface area contributed by atoms with Gasteiger partial charge in [-0.25, -0.2) is 14.8 Å². The van der Waals surface area contributed by atoms with Crippen LogP contribution in [0.2, 0.25) is 0 Å². The third kappa shape index (κ3) is 3.60. The monoisotopic (exact) mass is 292 g/mol. The van der Waals surface area contributed by atoms with Crippen LogP contribution in [0.15, 0.2) is 33.8 Å². The molecule has 0 aliphatic carbocycles. The molecular formula is C14H16N2O3S. The van der Waals surface area contributed by atoms with E-state index in [1.54, 1.807) is 18.3 Å². The molecular weight excluding hydrogens is 276 g/mol. The number of aromatic carboxylic acids is 1. The molecule has 0 unspecified atom stereocenters. The average molecular weight is 292 g/mol. The molecule has 1 N–H and O–H groups in total. The van der Waals surface area contributed by atoms with Crippen LogP contribution in [-0.4, -0.2) is 21.0 Å². The van der Waals surface area contributed by atoms with Gasteiger partial charge < -0.3 is 9.52 Å². The summed E-state index contributed by atoms with van der Waals surface area (Å²) < 4.78 is 5.68. The fourth-order valence-corrected chi connectivity index (χ4v) is 2.26. The van der Waals surface area contributed by atoms with Gasteiger partial charge >= 0.3 is 5.97 Å². The third-order valence-corrected chi connectivity index (χ3v) is 3.58. The Bertz CT molecular complexity index is 617. The van der Waals surface area contributed by atoms with Crippen molar-refractivity contribution in [3.05, 3.63) is 41.9 Å². The molecule has 106 valence electrons. The van der Waals surface area contributed by atoms with E-state index in [0.717, 1.165) is 10.7 Å². The van der Waals surface area contributed by atoms with Gasteiger partial charge in [0.2, 0.25) is 5.89 Å². The third-order valence-electron chi connectivity index (χ3n) is 2.61. The number of hydrogen-bond acceptors (Lipinski definition) is 5. The minimum absolute atomic E-state index is 0.0396. The van der Waals surface area contributed by atoms with Crippen LogP contribution in [0, 0.1) is 0 Å². The Labute approximate surface area is 121 Å². The zero-order valence-electron chi connectivity index (χ0n) is 11.6. The lowest BCUT2D eigenvalue weighted by molar-refractivity contribution is 0.0690. The largest absolute Gasteiger partial charge is 0.477 e. The standard InChI is InChI=1S/C14H16N2O3S/c1-14(2,3)11-7-16-12(19-11)8-20-9-4-5-15-10(6-9)13(17)18/h4-7H,8H2,1-3H3,(H,17,18). The van der Waals surface area contributed by atoms with E-state index in [1.165, 1.54) is 18.0 Å². The molecule has 20 heavy (non-hydrogen) atoms. The maximum absolute atomic E-state index is 10.8. The zero-order chi connectivity index (χ0) is 14.8. The highest BCUT2D eigenvalue weighted by Gasteiger charge is 2.19. The second kappa shape index (κ2) is 5.66. The SMILES string of the molecule is CC(C)(C)c1cnc(CSc2ccnc(C(=O)O)c2)o1. The van der Waals surface area contributed by atoms with Crippen LogP contribution in [0.1, 0.15) is 42.9 Å². The highest BCUT2D eigenvalue weighted by molar-refractivity contribution is 7.98. The summed E-state index contributed by atoms with van der Waals surface area (Å²) in [5.41, 5.74) is -0.0268. The summed E-state index contributed by atoms with van der Waals surface area (Å²) in [6, 6.07) is 3.31. The molecule has 0 amide bonds. The highest BCUT2D eigenvalue weighted by Crippen LogP contribution is 2.26. The van der Waals surface area contributed by atoms with E-state index < -0.39 is 5.97 Å². The Balaban J connectivity index is 2.04. The summed E-state index contributed by atoms with van der Waals surface area (Å²) in [6.45, 7) is 6.19.